The minimum atomic E-state index is -0.951. The molecule has 2 fully saturated rings. The van der Waals surface area contributed by atoms with Gasteiger partial charge in [0.25, 0.3) is 11.5 Å². The highest BCUT2D eigenvalue weighted by Crippen LogP contribution is 2.40. The van der Waals surface area contributed by atoms with E-state index in [1.54, 1.807) is 0 Å². The zero-order valence-corrected chi connectivity index (χ0v) is 20.9. The summed E-state index contributed by atoms with van der Waals surface area (Å²) >= 11 is 0. The lowest BCUT2D eigenvalue weighted by atomic mass is 10.1. The fraction of sp³-hybridized carbons (Fsp3) is 0.370. The van der Waals surface area contributed by atoms with Crippen molar-refractivity contribution >= 4 is 23.0 Å². The molecule has 2 aliphatic rings. The number of amides is 1. The van der Waals surface area contributed by atoms with E-state index < -0.39 is 28.8 Å². The average Bonchev–Trinajstić information content (AvgIpc) is 3.59. The standard InChI is InChI=1S/C27H30F2N6O2/c1-16-12-13-34(15-16)25-18(14-30-2)21(31-17-6-7-17)8-9-22(25)32-27(37)23-10-11-24(36)35(33-23)26-19(28)4-3-5-20(26)29/h3-5,8-11,16-17,30-31H,6-7,12-15H2,1-2H3,(H,32,37)/t16-/m0/s1. The van der Waals surface area contributed by atoms with Gasteiger partial charge in [-0.1, -0.05) is 13.0 Å². The first-order chi connectivity index (χ1) is 17.9. The fourth-order valence-electron chi connectivity index (χ4n) is 4.75. The SMILES string of the molecule is CNCc1c(NC2CC2)ccc(NC(=O)c2ccc(=O)n(-c3c(F)cccc3F)n2)c1N1CC[C@H](C)C1. The van der Waals surface area contributed by atoms with Crippen LogP contribution in [0, 0.1) is 17.6 Å². The quantitative estimate of drug-likeness (QED) is 0.428. The summed E-state index contributed by atoms with van der Waals surface area (Å²) in [4.78, 5) is 28.0. The largest absolute Gasteiger partial charge is 0.382 e. The summed E-state index contributed by atoms with van der Waals surface area (Å²) in [6, 6.07) is 9.88. The molecule has 1 aromatic heterocycles. The van der Waals surface area contributed by atoms with E-state index in [9.17, 15) is 18.4 Å². The summed E-state index contributed by atoms with van der Waals surface area (Å²) < 4.78 is 29.3. The molecule has 0 spiro atoms. The molecule has 0 unspecified atom stereocenters. The number of nitrogens with zero attached hydrogens (tertiary/aromatic N) is 3. The van der Waals surface area contributed by atoms with Gasteiger partial charge in [0.2, 0.25) is 0 Å². The third kappa shape index (κ3) is 5.20. The van der Waals surface area contributed by atoms with Gasteiger partial charge in [0, 0.05) is 43.0 Å². The summed E-state index contributed by atoms with van der Waals surface area (Å²) in [5.74, 6) is -1.97. The van der Waals surface area contributed by atoms with Crippen LogP contribution in [0.2, 0.25) is 0 Å². The van der Waals surface area contributed by atoms with Crippen molar-refractivity contribution in [3.05, 3.63) is 75.7 Å². The lowest BCUT2D eigenvalue weighted by Crippen LogP contribution is -2.28. The second-order valence-corrected chi connectivity index (χ2v) is 9.77. The van der Waals surface area contributed by atoms with Crippen LogP contribution in [0.1, 0.15) is 42.2 Å². The van der Waals surface area contributed by atoms with E-state index in [0.29, 0.717) is 28.9 Å². The molecule has 1 saturated heterocycles. The summed E-state index contributed by atoms with van der Waals surface area (Å²) in [5, 5.41) is 13.8. The molecule has 3 aromatic rings. The monoisotopic (exact) mass is 508 g/mol. The van der Waals surface area contributed by atoms with Gasteiger partial charge in [-0.05, 0) is 62.6 Å². The Hall–Kier alpha value is -3.79. The molecule has 10 heteroatoms. The number of hydrogen-bond donors (Lipinski definition) is 3. The van der Waals surface area contributed by atoms with E-state index in [1.807, 2.05) is 19.2 Å². The molecule has 2 aromatic carbocycles. The Labute approximate surface area is 213 Å². The van der Waals surface area contributed by atoms with E-state index in [-0.39, 0.29) is 5.69 Å². The number of para-hydroxylation sites is 1. The van der Waals surface area contributed by atoms with E-state index in [0.717, 1.165) is 67.5 Å². The number of carbonyl (C=O) groups excluding carboxylic acids is 1. The molecule has 37 heavy (non-hydrogen) atoms. The van der Waals surface area contributed by atoms with Crippen LogP contribution in [0.3, 0.4) is 0 Å². The van der Waals surface area contributed by atoms with Crippen LogP contribution in [0.5, 0.6) is 0 Å². The zero-order chi connectivity index (χ0) is 26.1. The van der Waals surface area contributed by atoms with E-state index in [4.69, 9.17) is 0 Å². The van der Waals surface area contributed by atoms with Crippen molar-refractivity contribution in [1.82, 2.24) is 15.1 Å². The summed E-state index contributed by atoms with van der Waals surface area (Å²) in [6.45, 7) is 4.54. The number of halogens is 2. The van der Waals surface area contributed by atoms with Crippen LogP contribution >= 0.6 is 0 Å². The van der Waals surface area contributed by atoms with Gasteiger partial charge < -0.3 is 20.9 Å². The molecule has 1 atom stereocenters. The Bertz CT molecular complexity index is 1370. The first-order valence-electron chi connectivity index (χ1n) is 12.5. The number of hydrogen-bond acceptors (Lipinski definition) is 6. The van der Waals surface area contributed by atoms with Crippen LogP contribution in [0.25, 0.3) is 5.69 Å². The Balaban J connectivity index is 1.52. The lowest BCUT2D eigenvalue weighted by Gasteiger charge is -2.27. The highest BCUT2D eigenvalue weighted by atomic mass is 19.1. The molecule has 1 aliphatic carbocycles. The fourth-order valence-corrected chi connectivity index (χ4v) is 4.75. The van der Waals surface area contributed by atoms with Gasteiger partial charge in [0.05, 0.1) is 11.4 Å². The van der Waals surface area contributed by atoms with Gasteiger partial charge in [-0.2, -0.15) is 9.78 Å². The van der Waals surface area contributed by atoms with Gasteiger partial charge in [0.1, 0.15) is 11.4 Å². The van der Waals surface area contributed by atoms with Crippen LogP contribution in [0.4, 0.5) is 25.8 Å². The highest BCUT2D eigenvalue weighted by molar-refractivity contribution is 6.05. The number of nitrogens with one attached hydrogen (secondary N) is 3. The van der Waals surface area contributed by atoms with Crippen LogP contribution in [-0.2, 0) is 6.54 Å². The minimum Gasteiger partial charge on any atom is -0.382 e. The molecule has 8 nitrogen and oxygen atoms in total. The molecule has 5 rings (SSSR count). The predicted octanol–water partition coefficient (Wildman–Crippen LogP) is 3.90. The minimum absolute atomic E-state index is 0.140. The Morgan fingerprint density at radius 1 is 1.03 bits per heavy atom. The maximum Gasteiger partial charge on any atom is 0.276 e. The van der Waals surface area contributed by atoms with Crippen LogP contribution in [0.15, 0.2) is 47.3 Å². The molecular weight excluding hydrogens is 478 g/mol. The number of benzene rings is 2. The van der Waals surface area contributed by atoms with Gasteiger partial charge in [-0.25, -0.2) is 8.78 Å². The van der Waals surface area contributed by atoms with Crippen molar-refractivity contribution in [2.45, 2.75) is 38.8 Å². The van der Waals surface area contributed by atoms with Gasteiger partial charge in [-0.15, -0.1) is 0 Å². The second kappa shape index (κ2) is 10.3. The predicted molar refractivity (Wildman–Crippen MR) is 140 cm³/mol. The van der Waals surface area contributed by atoms with Crippen molar-refractivity contribution in [3.63, 3.8) is 0 Å². The maximum absolute atomic E-state index is 14.3. The van der Waals surface area contributed by atoms with E-state index in [1.165, 1.54) is 12.1 Å². The Kier molecular flexibility index (Phi) is 6.92. The lowest BCUT2D eigenvalue weighted by molar-refractivity contribution is 0.102. The van der Waals surface area contributed by atoms with Crippen molar-refractivity contribution in [1.29, 1.82) is 0 Å². The summed E-state index contributed by atoms with van der Waals surface area (Å²) in [7, 11) is 1.89. The molecule has 1 aliphatic heterocycles. The van der Waals surface area contributed by atoms with Gasteiger partial charge in [0.15, 0.2) is 11.6 Å². The number of carbonyl (C=O) groups is 1. The molecule has 1 saturated carbocycles. The third-order valence-corrected chi connectivity index (χ3v) is 6.74. The topological polar surface area (TPSA) is 91.3 Å². The van der Waals surface area contributed by atoms with Crippen molar-refractivity contribution in [2.24, 2.45) is 5.92 Å². The van der Waals surface area contributed by atoms with Crippen molar-refractivity contribution < 1.29 is 13.6 Å². The molecule has 2 heterocycles. The first-order valence-corrected chi connectivity index (χ1v) is 12.5. The van der Waals surface area contributed by atoms with Crippen molar-refractivity contribution in [2.75, 3.05) is 35.7 Å². The Morgan fingerprint density at radius 2 is 1.76 bits per heavy atom. The van der Waals surface area contributed by atoms with Crippen LogP contribution < -0.4 is 26.4 Å². The molecule has 0 bridgehead atoms. The normalized spacial score (nSPS) is 17.2. The van der Waals surface area contributed by atoms with Gasteiger partial charge in [-0.3, -0.25) is 9.59 Å². The molecule has 1 amide bonds. The highest BCUT2D eigenvalue weighted by Gasteiger charge is 2.28. The first kappa shape index (κ1) is 24.9. The smallest absolute Gasteiger partial charge is 0.276 e. The molecule has 0 radical (unpaired) electrons. The number of anilines is 3. The Morgan fingerprint density at radius 3 is 2.41 bits per heavy atom. The van der Waals surface area contributed by atoms with E-state index >= 15 is 0 Å². The molecule has 194 valence electrons. The molecular formula is C27H30F2N6O2. The third-order valence-electron chi connectivity index (χ3n) is 6.74. The average molecular weight is 509 g/mol. The number of rotatable bonds is 8. The van der Waals surface area contributed by atoms with Gasteiger partial charge >= 0.3 is 0 Å². The van der Waals surface area contributed by atoms with Crippen molar-refractivity contribution in [3.8, 4) is 5.69 Å². The molecule has 3 N–H and O–H groups in total. The summed E-state index contributed by atoms with van der Waals surface area (Å²) in [6.07, 6.45) is 3.32. The second-order valence-electron chi connectivity index (χ2n) is 9.77. The van der Waals surface area contributed by atoms with Crippen LogP contribution in [-0.4, -0.2) is 41.9 Å². The summed E-state index contributed by atoms with van der Waals surface area (Å²) in [5.41, 5.74) is 2.13. The number of aromatic nitrogens is 2. The zero-order valence-electron chi connectivity index (χ0n) is 20.9. The maximum atomic E-state index is 14.3. The van der Waals surface area contributed by atoms with E-state index in [2.05, 4.69) is 32.9 Å².